The third-order valence-electron chi connectivity index (χ3n) is 2.72. The van der Waals surface area contributed by atoms with Crippen molar-refractivity contribution in [3.8, 4) is 0 Å². The fraction of sp³-hybridized carbons (Fsp3) is 0.846. The Bertz CT molecular complexity index is 511. The van der Waals surface area contributed by atoms with Crippen LogP contribution >= 0.6 is 30.8 Å². The number of nitrogens with zero attached hydrogens (tertiary/aromatic N) is 1. The van der Waals surface area contributed by atoms with Crippen LogP contribution in [-0.4, -0.2) is 39.8 Å². The molecule has 140 valence electrons. The lowest BCUT2D eigenvalue weighted by Crippen LogP contribution is -2.41. The molecule has 7 nitrogen and oxygen atoms in total. The smallest absolute Gasteiger partial charge is 0.324 e. The minimum Gasteiger partial charge on any atom is -0.324 e. The number of hydrogen-bond acceptors (Lipinski definition) is 7. The summed E-state index contributed by atoms with van der Waals surface area (Å²) in [5.74, 6) is 0.267. The van der Waals surface area contributed by atoms with Gasteiger partial charge in [-0.15, -0.1) is 0 Å². The van der Waals surface area contributed by atoms with E-state index in [1.54, 1.807) is 6.92 Å². The summed E-state index contributed by atoms with van der Waals surface area (Å²) in [6.07, 6.45) is -0.621. The highest BCUT2D eigenvalue weighted by Crippen LogP contribution is 2.62. The molecule has 1 aliphatic rings. The lowest BCUT2D eigenvalue weighted by molar-refractivity contribution is 0.0452. The number of thiocarbonyl (C=S) groups is 1. The minimum absolute atomic E-state index is 0.0528. The topological polar surface area (TPSA) is 72.1 Å². The van der Waals surface area contributed by atoms with Crippen molar-refractivity contribution in [3.63, 3.8) is 0 Å². The Morgan fingerprint density at radius 3 is 2.38 bits per heavy atom. The monoisotopic (exact) mass is 415 g/mol. The molecule has 0 atom stereocenters. The van der Waals surface area contributed by atoms with Crippen LogP contribution in [0.25, 0.3) is 0 Å². The number of amides is 1. The average molecular weight is 416 g/mol. The molecule has 1 heterocycles. The summed E-state index contributed by atoms with van der Waals surface area (Å²) in [5.41, 5.74) is 1.98. The first-order valence-electron chi connectivity index (χ1n) is 7.40. The fourth-order valence-corrected chi connectivity index (χ4v) is 6.91. The number of nitrogens with one attached hydrogen (secondary N) is 2. The Kier molecular flexibility index (Phi) is 7.93. The molecule has 1 fully saturated rings. The van der Waals surface area contributed by atoms with Crippen LogP contribution in [0.15, 0.2) is 0 Å². The standard InChI is InChI=1S/C13H26N3O4PS3/c1-10(22)15-20-11(17)14-9-24-16(12(2,3)4)21(23)18-7-13(5,6)8-19-21/h7-9H2,1-6H3,(H,14,17)(H,15,22). The zero-order chi connectivity index (χ0) is 18.6. The molecular weight excluding hydrogens is 389 g/mol. The molecule has 0 aromatic rings. The Morgan fingerprint density at radius 2 is 1.92 bits per heavy atom. The van der Waals surface area contributed by atoms with E-state index in [0.717, 1.165) is 0 Å². The molecule has 0 bridgehead atoms. The molecule has 0 aromatic carbocycles. The van der Waals surface area contributed by atoms with Crippen LogP contribution in [0.4, 0.5) is 4.79 Å². The molecule has 11 heteroatoms. The van der Waals surface area contributed by atoms with Crippen molar-refractivity contribution in [3.05, 3.63) is 0 Å². The van der Waals surface area contributed by atoms with Crippen LogP contribution < -0.4 is 10.8 Å². The van der Waals surface area contributed by atoms with Crippen LogP contribution in [0.1, 0.15) is 41.5 Å². The molecule has 1 amide bonds. The van der Waals surface area contributed by atoms with Gasteiger partial charge in [0.2, 0.25) is 0 Å². The van der Waals surface area contributed by atoms with Crippen LogP contribution in [0.2, 0.25) is 0 Å². The van der Waals surface area contributed by atoms with Gasteiger partial charge in [0, 0.05) is 11.0 Å². The molecule has 24 heavy (non-hydrogen) atoms. The second-order valence-corrected chi connectivity index (χ2v) is 12.2. The molecule has 2 N–H and O–H groups in total. The molecule has 0 aromatic heterocycles. The van der Waals surface area contributed by atoms with E-state index in [0.29, 0.717) is 18.2 Å². The number of rotatable bonds is 4. The quantitative estimate of drug-likeness (QED) is 0.236. The minimum atomic E-state index is -2.61. The molecule has 0 radical (unpaired) electrons. The summed E-state index contributed by atoms with van der Waals surface area (Å²) in [6, 6.07) is 0. The molecule has 0 unspecified atom stereocenters. The summed E-state index contributed by atoms with van der Waals surface area (Å²) < 4.78 is 13.8. The average Bonchev–Trinajstić information content (AvgIpc) is 2.43. The Balaban J connectivity index is 2.63. The molecule has 1 aliphatic heterocycles. The first-order chi connectivity index (χ1) is 10.9. The van der Waals surface area contributed by atoms with Crippen LogP contribution in [0.3, 0.4) is 0 Å². The van der Waals surface area contributed by atoms with Gasteiger partial charge in [-0.05, 0) is 51.4 Å². The summed E-state index contributed by atoms with van der Waals surface area (Å²) in [7, 11) is 0. The number of carbonyl (C=O) groups excluding carboxylic acids is 1. The summed E-state index contributed by atoms with van der Waals surface area (Å²) in [5, 5.41) is 2.61. The summed E-state index contributed by atoms with van der Waals surface area (Å²) in [6.45, 7) is 10.3. The molecule has 1 saturated heterocycles. The van der Waals surface area contributed by atoms with Crippen molar-refractivity contribution in [1.29, 1.82) is 0 Å². The van der Waals surface area contributed by atoms with Gasteiger partial charge in [0.15, 0.2) is 0 Å². The predicted octanol–water partition coefficient (Wildman–Crippen LogP) is 3.57. The molecule has 0 spiro atoms. The van der Waals surface area contributed by atoms with Crippen LogP contribution in [0.5, 0.6) is 0 Å². The molecule has 0 aliphatic carbocycles. The Morgan fingerprint density at radius 1 is 1.38 bits per heavy atom. The zero-order valence-corrected chi connectivity index (χ0v) is 18.2. The van der Waals surface area contributed by atoms with E-state index in [1.165, 1.54) is 11.9 Å². The van der Waals surface area contributed by atoms with Gasteiger partial charge in [0.1, 0.15) is 4.99 Å². The number of hydrogen-bond donors (Lipinski definition) is 2. The van der Waals surface area contributed by atoms with Crippen molar-refractivity contribution in [2.75, 3.05) is 19.1 Å². The van der Waals surface area contributed by atoms with Crippen molar-refractivity contribution in [2.45, 2.75) is 47.1 Å². The van der Waals surface area contributed by atoms with Crippen LogP contribution in [0, 0.1) is 5.41 Å². The third-order valence-corrected chi connectivity index (χ3v) is 8.25. The highest BCUT2D eigenvalue weighted by Gasteiger charge is 2.42. The van der Waals surface area contributed by atoms with Crippen molar-refractivity contribution in [1.82, 2.24) is 14.9 Å². The largest absolute Gasteiger partial charge is 0.432 e. The van der Waals surface area contributed by atoms with E-state index in [-0.39, 0.29) is 16.8 Å². The fourth-order valence-electron chi connectivity index (χ4n) is 1.63. The van der Waals surface area contributed by atoms with Crippen molar-refractivity contribution < 1.29 is 18.7 Å². The van der Waals surface area contributed by atoms with Gasteiger partial charge in [-0.25, -0.2) is 10.3 Å². The van der Waals surface area contributed by atoms with Gasteiger partial charge < -0.3 is 19.2 Å². The number of hydroxylamine groups is 1. The van der Waals surface area contributed by atoms with Crippen molar-refractivity contribution >= 4 is 53.7 Å². The lowest BCUT2D eigenvalue weighted by Gasteiger charge is -2.45. The second-order valence-electron chi connectivity index (χ2n) is 7.12. The molecule has 1 rings (SSSR count). The SMILES string of the molecule is CC(=S)NOC(=O)NCSN(C(C)(C)C)P1(=S)OCC(C)(C)CO1. The molecule has 0 saturated carbocycles. The van der Waals surface area contributed by atoms with Gasteiger partial charge in [-0.2, -0.15) is 4.08 Å². The van der Waals surface area contributed by atoms with Gasteiger partial charge in [-0.1, -0.05) is 26.1 Å². The van der Waals surface area contributed by atoms with Gasteiger partial charge in [0.05, 0.1) is 19.1 Å². The Labute approximate surface area is 158 Å². The number of carbonyl (C=O) groups is 1. The predicted molar refractivity (Wildman–Crippen MR) is 105 cm³/mol. The van der Waals surface area contributed by atoms with E-state index in [4.69, 9.17) is 37.9 Å². The highest BCUT2D eigenvalue weighted by atomic mass is 32.5. The first kappa shape index (κ1) is 22.1. The van der Waals surface area contributed by atoms with Gasteiger partial charge in [-0.3, -0.25) is 0 Å². The van der Waals surface area contributed by atoms with E-state index in [9.17, 15) is 4.79 Å². The maximum absolute atomic E-state index is 11.6. The van der Waals surface area contributed by atoms with E-state index >= 15 is 0 Å². The first-order valence-corrected chi connectivity index (χ1v) is 11.3. The lowest BCUT2D eigenvalue weighted by atomic mass is 9.97. The zero-order valence-electron chi connectivity index (χ0n) is 14.9. The summed E-state index contributed by atoms with van der Waals surface area (Å²) >= 11 is 11.8. The van der Waals surface area contributed by atoms with Crippen molar-refractivity contribution in [2.24, 2.45) is 5.41 Å². The maximum atomic E-state index is 11.6. The van der Waals surface area contributed by atoms with E-state index in [1.807, 2.05) is 24.8 Å². The highest BCUT2D eigenvalue weighted by molar-refractivity contribution is 8.15. The van der Waals surface area contributed by atoms with E-state index < -0.39 is 12.7 Å². The second kappa shape index (κ2) is 8.62. The maximum Gasteiger partial charge on any atom is 0.432 e. The van der Waals surface area contributed by atoms with Crippen LogP contribution in [-0.2, 0) is 25.7 Å². The van der Waals surface area contributed by atoms with Gasteiger partial charge in [0.25, 0.3) is 6.64 Å². The summed E-state index contributed by atoms with van der Waals surface area (Å²) in [4.78, 5) is 16.6. The molecular formula is C13H26N3O4PS3. The van der Waals surface area contributed by atoms with E-state index in [2.05, 4.69) is 24.6 Å². The Hall–Kier alpha value is 0.0400. The normalized spacial score (nSPS) is 19.6. The third kappa shape index (κ3) is 7.11. The van der Waals surface area contributed by atoms with Gasteiger partial charge >= 0.3 is 6.09 Å².